The van der Waals surface area contributed by atoms with Gasteiger partial charge in [0.2, 0.25) is 0 Å². The van der Waals surface area contributed by atoms with Crippen molar-refractivity contribution in [2.45, 2.75) is 25.4 Å². The van der Waals surface area contributed by atoms with Gasteiger partial charge >= 0.3 is 0 Å². The van der Waals surface area contributed by atoms with Crippen molar-refractivity contribution in [2.75, 3.05) is 13.2 Å². The third-order valence-corrected chi connectivity index (χ3v) is 3.02. The number of hydrogen-bond acceptors (Lipinski definition) is 3. The van der Waals surface area contributed by atoms with Crippen LogP contribution >= 0.6 is 0 Å². The third-order valence-electron chi connectivity index (χ3n) is 3.02. The summed E-state index contributed by atoms with van der Waals surface area (Å²) >= 11 is 0. The van der Waals surface area contributed by atoms with Crippen LogP contribution in [0.3, 0.4) is 0 Å². The minimum absolute atomic E-state index is 0.0794. The van der Waals surface area contributed by atoms with Crippen molar-refractivity contribution in [2.24, 2.45) is 0 Å². The van der Waals surface area contributed by atoms with Crippen molar-refractivity contribution in [3.63, 3.8) is 0 Å². The maximum Gasteiger partial charge on any atom is 0.145 e. The summed E-state index contributed by atoms with van der Waals surface area (Å²) in [5.74, 6) is -0.432. The molecule has 0 aliphatic heterocycles. The second-order valence-electron chi connectivity index (χ2n) is 4.32. The Labute approximate surface area is 100 Å². The molecule has 0 bridgehead atoms. The van der Waals surface area contributed by atoms with Gasteiger partial charge in [-0.05, 0) is 18.9 Å². The zero-order valence-electron chi connectivity index (χ0n) is 9.56. The predicted molar refractivity (Wildman–Crippen MR) is 61.6 cm³/mol. The highest BCUT2D eigenvalue weighted by Crippen LogP contribution is 2.28. The lowest BCUT2D eigenvalue weighted by Crippen LogP contribution is -2.29. The molecule has 0 saturated heterocycles. The zero-order valence-corrected chi connectivity index (χ0v) is 9.56. The second-order valence-corrected chi connectivity index (χ2v) is 4.32. The maximum absolute atomic E-state index is 13.8. The fourth-order valence-corrected chi connectivity index (χ4v) is 1.97. The van der Waals surface area contributed by atoms with E-state index >= 15 is 0 Å². The fraction of sp³-hybridized carbons (Fsp3) is 0.462. The first-order chi connectivity index (χ1) is 8.26. The molecule has 17 heavy (non-hydrogen) atoms. The van der Waals surface area contributed by atoms with E-state index in [4.69, 9.17) is 10.4 Å². The Bertz CT molecular complexity index is 438. The van der Waals surface area contributed by atoms with Gasteiger partial charge in [-0.15, -0.1) is 0 Å². The van der Waals surface area contributed by atoms with Crippen LogP contribution < -0.4 is 0 Å². The normalized spacial score (nSPS) is 14.9. The van der Waals surface area contributed by atoms with Gasteiger partial charge in [-0.2, -0.15) is 5.26 Å². The van der Waals surface area contributed by atoms with E-state index in [1.54, 1.807) is 12.1 Å². The van der Waals surface area contributed by atoms with Gasteiger partial charge in [0, 0.05) is 24.7 Å². The monoisotopic (exact) mass is 234 g/mol. The van der Waals surface area contributed by atoms with E-state index in [0.29, 0.717) is 24.7 Å². The molecule has 1 aliphatic carbocycles. The molecule has 0 aromatic heterocycles. The topological polar surface area (TPSA) is 47.3 Å². The first-order valence-corrected chi connectivity index (χ1v) is 5.78. The molecule has 1 N–H and O–H groups in total. The molecule has 3 nitrogen and oxygen atoms in total. The SMILES string of the molecule is N#Cc1cccc(CN(CCO)C2CC2)c1F. The molecule has 1 aromatic carbocycles. The van der Waals surface area contributed by atoms with Crippen LogP contribution in [0.2, 0.25) is 0 Å². The highest BCUT2D eigenvalue weighted by molar-refractivity contribution is 5.35. The lowest BCUT2D eigenvalue weighted by Gasteiger charge is -2.21. The Morgan fingerprint density at radius 3 is 2.82 bits per heavy atom. The number of nitriles is 1. The number of benzene rings is 1. The van der Waals surface area contributed by atoms with Crippen molar-refractivity contribution in [3.8, 4) is 6.07 Å². The lowest BCUT2D eigenvalue weighted by atomic mass is 10.1. The average molecular weight is 234 g/mol. The van der Waals surface area contributed by atoms with E-state index in [2.05, 4.69) is 4.90 Å². The molecule has 2 rings (SSSR count). The summed E-state index contributed by atoms with van der Waals surface area (Å²) < 4.78 is 13.8. The molecule has 1 aliphatic rings. The van der Waals surface area contributed by atoms with Crippen LogP contribution in [0.1, 0.15) is 24.0 Å². The minimum Gasteiger partial charge on any atom is -0.395 e. The highest BCUT2D eigenvalue weighted by Gasteiger charge is 2.29. The lowest BCUT2D eigenvalue weighted by molar-refractivity contribution is 0.182. The molecular formula is C13H15FN2O. The van der Waals surface area contributed by atoms with Crippen LogP contribution in [-0.2, 0) is 6.54 Å². The molecule has 1 fully saturated rings. The Hall–Kier alpha value is -1.44. The van der Waals surface area contributed by atoms with Crippen LogP contribution in [0, 0.1) is 17.1 Å². The minimum atomic E-state index is -0.432. The molecule has 1 aromatic rings. The Morgan fingerprint density at radius 1 is 1.47 bits per heavy atom. The van der Waals surface area contributed by atoms with Crippen molar-refractivity contribution >= 4 is 0 Å². The Morgan fingerprint density at radius 2 is 2.24 bits per heavy atom. The molecule has 0 spiro atoms. The van der Waals surface area contributed by atoms with Gasteiger partial charge in [0.15, 0.2) is 0 Å². The molecule has 90 valence electrons. The van der Waals surface area contributed by atoms with E-state index in [-0.39, 0.29) is 12.2 Å². The summed E-state index contributed by atoms with van der Waals surface area (Å²) in [5, 5.41) is 17.7. The van der Waals surface area contributed by atoms with Crippen LogP contribution in [0.15, 0.2) is 18.2 Å². The largest absolute Gasteiger partial charge is 0.395 e. The van der Waals surface area contributed by atoms with Crippen molar-refractivity contribution in [3.05, 3.63) is 35.1 Å². The number of nitrogens with zero attached hydrogens (tertiary/aromatic N) is 2. The number of hydrogen-bond donors (Lipinski definition) is 1. The van der Waals surface area contributed by atoms with Crippen LogP contribution in [-0.4, -0.2) is 29.2 Å². The van der Waals surface area contributed by atoms with E-state index in [1.807, 2.05) is 6.07 Å². The molecule has 1 saturated carbocycles. The molecule has 0 radical (unpaired) electrons. The molecular weight excluding hydrogens is 219 g/mol. The Kier molecular flexibility index (Phi) is 3.72. The number of halogens is 1. The number of aliphatic hydroxyl groups excluding tert-OH is 1. The fourth-order valence-electron chi connectivity index (χ4n) is 1.97. The molecule has 4 heteroatoms. The van der Waals surface area contributed by atoms with Crippen molar-refractivity contribution < 1.29 is 9.50 Å². The van der Waals surface area contributed by atoms with Crippen LogP contribution in [0.5, 0.6) is 0 Å². The maximum atomic E-state index is 13.8. The number of rotatable bonds is 5. The second kappa shape index (κ2) is 5.26. The van der Waals surface area contributed by atoms with E-state index < -0.39 is 5.82 Å². The quantitative estimate of drug-likeness (QED) is 0.842. The number of aliphatic hydroxyl groups is 1. The van der Waals surface area contributed by atoms with Crippen molar-refractivity contribution in [1.29, 1.82) is 5.26 Å². The van der Waals surface area contributed by atoms with Gasteiger partial charge in [0.05, 0.1) is 12.2 Å². The summed E-state index contributed by atoms with van der Waals surface area (Å²) in [7, 11) is 0. The Balaban J connectivity index is 2.14. The third kappa shape index (κ3) is 2.82. The van der Waals surface area contributed by atoms with Crippen molar-refractivity contribution in [1.82, 2.24) is 4.90 Å². The van der Waals surface area contributed by atoms with Crippen LogP contribution in [0.25, 0.3) is 0 Å². The van der Waals surface area contributed by atoms with Gasteiger partial charge in [-0.1, -0.05) is 12.1 Å². The van der Waals surface area contributed by atoms with Gasteiger partial charge in [-0.3, -0.25) is 4.90 Å². The highest BCUT2D eigenvalue weighted by atomic mass is 19.1. The van der Waals surface area contributed by atoms with Gasteiger partial charge in [-0.25, -0.2) is 4.39 Å². The summed E-state index contributed by atoms with van der Waals surface area (Å²) in [6.07, 6.45) is 2.22. The average Bonchev–Trinajstić information content (AvgIpc) is 3.15. The summed E-state index contributed by atoms with van der Waals surface area (Å²) in [6.45, 7) is 1.10. The summed E-state index contributed by atoms with van der Waals surface area (Å²) in [5.41, 5.74) is 0.617. The first-order valence-electron chi connectivity index (χ1n) is 5.78. The first kappa shape index (κ1) is 12.0. The van der Waals surface area contributed by atoms with E-state index in [0.717, 1.165) is 12.8 Å². The predicted octanol–water partition coefficient (Wildman–Crippen LogP) is 1.65. The standard InChI is InChI=1S/C13H15FN2O/c14-13-10(8-15)2-1-3-11(13)9-16(6-7-17)12-4-5-12/h1-3,12,17H,4-7,9H2. The molecule has 0 heterocycles. The van der Waals surface area contributed by atoms with Crippen LogP contribution in [0.4, 0.5) is 4.39 Å². The zero-order chi connectivity index (χ0) is 12.3. The molecule has 0 amide bonds. The van der Waals surface area contributed by atoms with E-state index in [9.17, 15) is 4.39 Å². The molecule has 0 unspecified atom stereocenters. The molecule has 0 atom stereocenters. The van der Waals surface area contributed by atoms with Gasteiger partial charge < -0.3 is 5.11 Å². The van der Waals surface area contributed by atoms with Gasteiger partial charge in [0.25, 0.3) is 0 Å². The smallest absolute Gasteiger partial charge is 0.145 e. The summed E-state index contributed by atoms with van der Waals surface area (Å²) in [4.78, 5) is 2.07. The van der Waals surface area contributed by atoms with E-state index in [1.165, 1.54) is 6.07 Å². The van der Waals surface area contributed by atoms with Gasteiger partial charge in [0.1, 0.15) is 11.9 Å². The summed E-state index contributed by atoms with van der Waals surface area (Å²) in [6, 6.07) is 7.18.